The van der Waals surface area contributed by atoms with Gasteiger partial charge in [-0.1, -0.05) is 6.07 Å². The van der Waals surface area contributed by atoms with Crippen LogP contribution in [0, 0.1) is 18.8 Å². The molecule has 1 saturated carbocycles. The van der Waals surface area contributed by atoms with Gasteiger partial charge in [0.05, 0.1) is 29.0 Å². The lowest BCUT2D eigenvalue weighted by Crippen LogP contribution is -2.37. The van der Waals surface area contributed by atoms with E-state index in [4.69, 9.17) is 10.6 Å². The molecule has 2 amide bonds. The minimum atomic E-state index is -0.436. The zero-order valence-corrected chi connectivity index (χ0v) is 18.9. The number of fused-ring (bicyclic) bond motifs is 1. The molecular weight excluding hydrogens is 426 g/mol. The van der Waals surface area contributed by atoms with Gasteiger partial charge < -0.3 is 5.73 Å². The predicted octanol–water partition coefficient (Wildman–Crippen LogP) is 3.61. The first-order chi connectivity index (χ1) is 15.5. The second-order valence-electron chi connectivity index (χ2n) is 8.78. The first-order valence-electron chi connectivity index (χ1n) is 11.1. The Labute approximate surface area is 190 Å². The zero-order valence-electron chi connectivity index (χ0n) is 18.1. The van der Waals surface area contributed by atoms with Gasteiger partial charge in [-0.25, -0.2) is 10.0 Å². The maximum Gasteiger partial charge on any atom is 0.249 e. The number of primary amides is 1. The Morgan fingerprint density at radius 1 is 1.22 bits per heavy atom. The van der Waals surface area contributed by atoms with Crippen LogP contribution in [-0.2, 0) is 16.2 Å². The van der Waals surface area contributed by atoms with Crippen molar-refractivity contribution in [3.8, 4) is 0 Å². The number of carbonyl (C=O) groups is 2. The molecule has 8 nitrogen and oxygen atoms in total. The van der Waals surface area contributed by atoms with Crippen molar-refractivity contribution in [1.82, 2.24) is 19.8 Å². The van der Waals surface area contributed by atoms with E-state index in [1.54, 1.807) is 22.5 Å². The molecular formula is C23H27N5O3S. The Hall–Kier alpha value is -2.78. The van der Waals surface area contributed by atoms with Crippen LogP contribution in [0.3, 0.4) is 0 Å². The van der Waals surface area contributed by atoms with Gasteiger partial charge >= 0.3 is 0 Å². The standard InChI is InChI=1S/C23H27N5O3S/c1-14-26-19(13-32-14)20-8-9-31-28(20)23(30)16-4-2-15(3-5-16)12-27-21-10-17(22(24)29)6-7-18(21)11-25-27/h6-7,10-11,13,15-16,20H,2-5,8-9,12H2,1H3,(H2,24,29)/t15-,16-,20-/m0/s1. The maximum atomic E-state index is 13.2. The van der Waals surface area contributed by atoms with Crippen LogP contribution in [0.4, 0.5) is 0 Å². The molecule has 3 aromatic rings. The number of carbonyl (C=O) groups excluding carboxylic acids is 2. The summed E-state index contributed by atoms with van der Waals surface area (Å²) in [5.74, 6) is 0.0828. The largest absolute Gasteiger partial charge is 0.366 e. The van der Waals surface area contributed by atoms with Crippen LogP contribution in [0.5, 0.6) is 0 Å². The quantitative estimate of drug-likeness (QED) is 0.636. The average Bonchev–Trinajstić information content (AvgIpc) is 3.53. The number of amides is 2. The summed E-state index contributed by atoms with van der Waals surface area (Å²) in [6.45, 7) is 3.31. The molecule has 1 aliphatic carbocycles. The first kappa shape index (κ1) is 21.1. The van der Waals surface area contributed by atoms with Crippen LogP contribution >= 0.6 is 11.3 Å². The molecule has 9 heteroatoms. The van der Waals surface area contributed by atoms with Crippen LogP contribution in [0.2, 0.25) is 0 Å². The van der Waals surface area contributed by atoms with E-state index in [0.29, 0.717) is 18.1 Å². The molecule has 2 N–H and O–H groups in total. The lowest BCUT2D eigenvalue weighted by atomic mass is 9.81. The second-order valence-corrected chi connectivity index (χ2v) is 9.84. The smallest absolute Gasteiger partial charge is 0.249 e. The molecule has 0 spiro atoms. The van der Waals surface area contributed by atoms with Gasteiger partial charge in [0.25, 0.3) is 0 Å². The molecule has 1 atom stereocenters. The SMILES string of the molecule is Cc1nc([C@@H]2CCON2C(=O)[C@H]2CC[C@H](Cn3ncc4ccc(C(N)=O)cc43)CC2)cs1. The Balaban J connectivity index is 1.22. The molecule has 1 saturated heterocycles. The summed E-state index contributed by atoms with van der Waals surface area (Å²) in [4.78, 5) is 35.0. The highest BCUT2D eigenvalue weighted by molar-refractivity contribution is 7.09. The van der Waals surface area contributed by atoms with Gasteiger partial charge in [-0.3, -0.25) is 19.1 Å². The van der Waals surface area contributed by atoms with Crippen LogP contribution in [-0.4, -0.2) is 38.2 Å². The third kappa shape index (κ3) is 4.02. The Morgan fingerprint density at radius 2 is 2.03 bits per heavy atom. The molecule has 2 aliphatic rings. The Bertz CT molecular complexity index is 1150. The number of nitrogens with zero attached hydrogens (tertiary/aromatic N) is 4. The summed E-state index contributed by atoms with van der Waals surface area (Å²) in [5.41, 5.74) is 7.78. The monoisotopic (exact) mass is 453 g/mol. The molecule has 0 radical (unpaired) electrons. The molecule has 0 bridgehead atoms. The highest BCUT2D eigenvalue weighted by atomic mass is 32.1. The van der Waals surface area contributed by atoms with E-state index in [0.717, 1.165) is 60.3 Å². The summed E-state index contributed by atoms with van der Waals surface area (Å²) in [5, 5.41) is 10.1. The normalized spacial score (nSPS) is 23.7. The van der Waals surface area contributed by atoms with E-state index in [-0.39, 0.29) is 17.9 Å². The first-order valence-corrected chi connectivity index (χ1v) is 12.0. The van der Waals surface area contributed by atoms with Gasteiger partial charge in [0.15, 0.2) is 0 Å². The van der Waals surface area contributed by atoms with E-state index in [2.05, 4.69) is 10.1 Å². The Morgan fingerprint density at radius 3 is 2.75 bits per heavy atom. The summed E-state index contributed by atoms with van der Waals surface area (Å²) in [6.07, 6.45) is 6.23. The lowest BCUT2D eigenvalue weighted by molar-refractivity contribution is -0.183. The number of aromatic nitrogens is 3. The summed E-state index contributed by atoms with van der Waals surface area (Å²) >= 11 is 1.61. The number of aryl methyl sites for hydroxylation is 1. The number of hydroxylamine groups is 2. The van der Waals surface area contributed by atoms with E-state index < -0.39 is 5.91 Å². The van der Waals surface area contributed by atoms with Crippen LogP contribution in [0.15, 0.2) is 29.8 Å². The molecule has 0 unspecified atom stereocenters. The van der Waals surface area contributed by atoms with Crippen molar-refractivity contribution in [2.75, 3.05) is 6.61 Å². The van der Waals surface area contributed by atoms with Crippen molar-refractivity contribution in [1.29, 1.82) is 0 Å². The topological polar surface area (TPSA) is 103 Å². The number of nitrogens with two attached hydrogens (primary N) is 1. The summed E-state index contributed by atoms with van der Waals surface area (Å²) < 4.78 is 1.96. The van der Waals surface area contributed by atoms with Crippen LogP contribution in [0.25, 0.3) is 10.9 Å². The van der Waals surface area contributed by atoms with Crippen LogP contribution < -0.4 is 5.73 Å². The van der Waals surface area contributed by atoms with Crippen molar-refractivity contribution in [3.05, 3.63) is 46.0 Å². The van der Waals surface area contributed by atoms with Crippen molar-refractivity contribution >= 4 is 34.1 Å². The molecule has 2 fully saturated rings. The van der Waals surface area contributed by atoms with Gasteiger partial charge in [-0.15, -0.1) is 11.3 Å². The maximum absolute atomic E-state index is 13.2. The third-order valence-electron chi connectivity index (χ3n) is 6.66. The van der Waals surface area contributed by atoms with E-state index in [1.807, 2.05) is 35.3 Å². The number of rotatable bonds is 5. The Kier molecular flexibility index (Phi) is 5.69. The molecule has 5 rings (SSSR count). The molecule has 1 aromatic carbocycles. The van der Waals surface area contributed by atoms with Gasteiger partial charge in [0.1, 0.15) is 6.04 Å². The predicted molar refractivity (Wildman–Crippen MR) is 121 cm³/mol. The van der Waals surface area contributed by atoms with Crippen molar-refractivity contribution in [3.63, 3.8) is 0 Å². The van der Waals surface area contributed by atoms with Gasteiger partial charge in [0, 0.05) is 35.2 Å². The zero-order chi connectivity index (χ0) is 22.2. The molecule has 32 heavy (non-hydrogen) atoms. The van der Waals surface area contributed by atoms with Gasteiger partial charge in [-0.2, -0.15) is 5.10 Å². The van der Waals surface area contributed by atoms with Gasteiger partial charge in [0.2, 0.25) is 11.8 Å². The summed E-state index contributed by atoms with van der Waals surface area (Å²) in [7, 11) is 0. The highest BCUT2D eigenvalue weighted by Gasteiger charge is 2.38. The number of hydrogen-bond acceptors (Lipinski definition) is 6. The van der Waals surface area contributed by atoms with Gasteiger partial charge in [-0.05, 0) is 50.7 Å². The summed E-state index contributed by atoms with van der Waals surface area (Å²) in [6, 6.07) is 5.35. The fraction of sp³-hybridized carbons (Fsp3) is 0.478. The minimum absolute atomic E-state index is 0.0117. The van der Waals surface area contributed by atoms with E-state index >= 15 is 0 Å². The van der Waals surface area contributed by atoms with Crippen molar-refractivity contribution in [2.24, 2.45) is 17.6 Å². The van der Waals surface area contributed by atoms with Crippen molar-refractivity contribution < 1.29 is 14.4 Å². The van der Waals surface area contributed by atoms with Crippen LogP contribution in [0.1, 0.15) is 59.2 Å². The molecule has 3 heterocycles. The second kappa shape index (κ2) is 8.63. The van der Waals surface area contributed by atoms with E-state index in [1.165, 1.54) is 0 Å². The van der Waals surface area contributed by atoms with E-state index in [9.17, 15) is 9.59 Å². The fourth-order valence-corrected chi connectivity index (χ4v) is 5.53. The average molecular weight is 454 g/mol. The fourth-order valence-electron chi connectivity index (χ4n) is 4.87. The highest BCUT2D eigenvalue weighted by Crippen LogP contribution is 2.37. The number of benzene rings is 1. The number of hydrogen-bond donors (Lipinski definition) is 1. The van der Waals surface area contributed by atoms with Crippen molar-refractivity contribution in [2.45, 2.75) is 51.6 Å². The number of thiazole rings is 1. The molecule has 168 valence electrons. The molecule has 2 aromatic heterocycles. The minimum Gasteiger partial charge on any atom is -0.366 e. The lowest BCUT2D eigenvalue weighted by Gasteiger charge is -2.31. The third-order valence-corrected chi connectivity index (χ3v) is 7.45. The molecule has 1 aliphatic heterocycles.